The van der Waals surface area contributed by atoms with Gasteiger partial charge >= 0.3 is 0 Å². The van der Waals surface area contributed by atoms with Gasteiger partial charge in [-0.1, -0.05) is 18.2 Å². The molecule has 2 aromatic rings. The molecule has 0 saturated carbocycles. The minimum atomic E-state index is -0.354. The van der Waals surface area contributed by atoms with Gasteiger partial charge in [0.15, 0.2) is 0 Å². The third kappa shape index (κ3) is 4.44. The van der Waals surface area contributed by atoms with Crippen LogP contribution in [0.4, 0.5) is 0 Å². The smallest absolute Gasteiger partial charge is 0.235 e. The number of rotatable bonds is 5. The van der Waals surface area contributed by atoms with Gasteiger partial charge in [0.1, 0.15) is 0 Å². The number of benzene rings is 1. The summed E-state index contributed by atoms with van der Waals surface area (Å²) in [5.41, 5.74) is 3.16. The highest BCUT2D eigenvalue weighted by Crippen LogP contribution is 2.32. The van der Waals surface area contributed by atoms with E-state index in [9.17, 15) is 9.59 Å². The van der Waals surface area contributed by atoms with Crippen LogP contribution in [0.2, 0.25) is 0 Å². The number of imide groups is 1. The molecule has 0 spiro atoms. The van der Waals surface area contributed by atoms with Gasteiger partial charge in [0.25, 0.3) is 0 Å². The number of piperidine rings is 2. The zero-order valence-corrected chi connectivity index (χ0v) is 19.0. The number of fused-ring (bicyclic) bond motifs is 1. The molecule has 0 bridgehead atoms. The third-order valence-corrected chi connectivity index (χ3v) is 7.37. The Balaban J connectivity index is 1.27. The molecule has 2 amide bonds. The van der Waals surface area contributed by atoms with Crippen LogP contribution in [-0.2, 0) is 23.2 Å². The van der Waals surface area contributed by atoms with Gasteiger partial charge in [-0.05, 0) is 43.8 Å². The van der Waals surface area contributed by atoms with Crippen molar-refractivity contribution >= 4 is 22.7 Å². The van der Waals surface area contributed by atoms with Gasteiger partial charge in [0.05, 0.1) is 17.1 Å². The lowest BCUT2D eigenvalue weighted by Gasteiger charge is -2.36. The fraction of sp³-hybridized carbons (Fsp3) is 0.625. The minimum absolute atomic E-state index is 0.187. The maximum atomic E-state index is 12.4. The Labute approximate surface area is 189 Å². The molecule has 8 heteroatoms. The Hall–Kier alpha value is -2.29. The molecule has 3 aliphatic rings. The molecule has 1 atom stereocenters. The summed E-state index contributed by atoms with van der Waals surface area (Å²) in [5, 5.41) is 11.7. The van der Waals surface area contributed by atoms with Gasteiger partial charge < -0.3 is 10.2 Å². The average Bonchev–Trinajstić information content (AvgIpc) is 3.13. The lowest BCUT2D eigenvalue weighted by Crippen LogP contribution is -2.46. The summed E-state index contributed by atoms with van der Waals surface area (Å²) in [4.78, 5) is 29.2. The van der Waals surface area contributed by atoms with Crippen LogP contribution < -0.4 is 10.6 Å². The molecule has 3 fully saturated rings. The molecule has 1 unspecified atom stereocenters. The van der Waals surface area contributed by atoms with E-state index in [1.165, 1.54) is 38.0 Å². The number of aryl methyl sites for hydroxylation is 1. The lowest BCUT2D eigenvalue weighted by atomic mass is 9.92. The number of para-hydroxylation sites is 1. The number of nitrogens with zero attached hydrogens (tertiary/aromatic N) is 4. The Kier molecular flexibility index (Phi) is 6.26. The molecule has 172 valence electrons. The number of amides is 2. The summed E-state index contributed by atoms with van der Waals surface area (Å²) in [6, 6.07) is 6.32. The third-order valence-electron chi connectivity index (χ3n) is 7.37. The summed E-state index contributed by atoms with van der Waals surface area (Å²) in [6.45, 7) is 9.00. The van der Waals surface area contributed by atoms with Gasteiger partial charge in [-0.25, -0.2) is 0 Å². The first-order valence-electron chi connectivity index (χ1n) is 12.0. The fourth-order valence-electron chi connectivity index (χ4n) is 5.61. The largest absolute Gasteiger partial charge is 0.314 e. The zero-order chi connectivity index (χ0) is 22.1. The van der Waals surface area contributed by atoms with E-state index in [0.717, 1.165) is 55.2 Å². The van der Waals surface area contributed by atoms with Crippen molar-refractivity contribution in [2.75, 3.05) is 45.8 Å². The van der Waals surface area contributed by atoms with Gasteiger partial charge in [0, 0.05) is 58.1 Å². The highest BCUT2D eigenvalue weighted by atomic mass is 16.2. The summed E-state index contributed by atoms with van der Waals surface area (Å²) in [5.74, 6) is 0.0362. The van der Waals surface area contributed by atoms with E-state index in [1.54, 1.807) is 0 Å². The molecule has 3 saturated heterocycles. The van der Waals surface area contributed by atoms with Gasteiger partial charge in [-0.2, -0.15) is 5.10 Å². The molecule has 0 aliphatic carbocycles. The van der Waals surface area contributed by atoms with Crippen molar-refractivity contribution in [1.82, 2.24) is 30.2 Å². The first-order valence-corrected chi connectivity index (χ1v) is 12.0. The second kappa shape index (κ2) is 9.29. The number of hydrogen-bond donors (Lipinski definition) is 2. The minimum Gasteiger partial charge on any atom is -0.314 e. The number of aromatic nitrogens is 2. The van der Waals surface area contributed by atoms with Crippen LogP contribution >= 0.6 is 0 Å². The van der Waals surface area contributed by atoms with Gasteiger partial charge in [0.2, 0.25) is 11.8 Å². The molecule has 1 aromatic carbocycles. The quantitative estimate of drug-likeness (QED) is 0.683. The van der Waals surface area contributed by atoms with Crippen molar-refractivity contribution in [1.29, 1.82) is 0 Å². The number of likely N-dealkylation sites (tertiary alicyclic amines) is 1. The van der Waals surface area contributed by atoms with Crippen molar-refractivity contribution < 1.29 is 9.59 Å². The van der Waals surface area contributed by atoms with Crippen LogP contribution in [-0.4, -0.2) is 77.2 Å². The predicted molar refractivity (Wildman–Crippen MR) is 123 cm³/mol. The van der Waals surface area contributed by atoms with Crippen LogP contribution in [0.15, 0.2) is 18.2 Å². The maximum absolute atomic E-state index is 12.4. The van der Waals surface area contributed by atoms with Crippen molar-refractivity contribution in [2.24, 2.45) is 13.0 Å². The van der Waals surface area contributed by atoms with Crippen LogP contribution in [0.3, 0.4) is 0 Å². The fourth-order valence-corrected chi connectivity index (χ4v) is 5.61. The van der Waals surface area contributed by atoms with Crippen LogP contribution in [0.5, 0.6) is 0 Å². The van der Waals surface area contributed by atoms with Crippen LogP contribution in [0.25, 0.3) is 10.9 Å². The molecular weight excluding hydrogens is 404 g/mol. The van der Waals surface area contributed by atoms with Crippen molar-refractivity contribution in [3.05, 3.63) is 29.5 Å². The summed E-state index contributed by atoms with van der Waals surface area (Å²) < 4.78 is 1.92. The Morgan fingerprint density at radius 3 is 2.56 bits per heavy atom. The summed E-state index contributed by atoms with van der Waals surface area (Å²) in [7, 11) is 1.96. The van der Waals surface area contributed by atoms with E-state index < -0.39 is 0 Å². The molecule has 5 rings (SSSR count). The first-order chi connectivity index (χ1) is 15.6. The topological polar surface area (TPSA) is 82.5 Å². The highest BCUT2D eigenvalue weighted by Gasteiger charge is 2.32. The number of carbonyl (C=O) groups is 2. The summed E-state index contributed by atoms with van der Waals surface area (Å²) >= 11 is 0. The second-order valence-corrected chi connectivity index (χ2v) is 9.60. The Morgan fingerprint density at radius 2 is 1.81 bits per heavy atom. The number of carbonyl (C=O) groups excluding carboxylic acids is 2. The van der Waals surface area contributed by atoms with E-state index in [0.29, 0.717) is 12.8 Å². The van der Waals surface area contributed by atoms with Crippen LogP contribution in [0, 0.1) is 5.92 Å². The second-order valence-electron chi connectivity index (χ2n) is 9.60. The van der Waals surface area contributed by atoms with Crippen molar-refractivity contribution in [2.45, 2.75) is 38.1 Å². The first kappa shape index (κ1) is 21.6. The molecule has 1 aromatic heterocycles. The monoisotopic (exact) mass is 438 g/mol. The molecule has 2 N–H and O–H groups in total. The number of nitrogens with one attached hydrogen (secondary N) is 2. The van der Waals surface area contributed by atoms with Crippen molar-refractivity contribution in [3.8, 4) is 0 Å². The SMILES string of the molecule is Cn1nc(C2CCC(=O)NC2=O)c2cccc(CN3CCC(CN4CCNCC4)CC3)c21. The van der Waals surface area contributed by atoms with E-state index >= 15 is 0 Å². The Morgan fingerprint density at radius 1 is 1.03 bits per heavy atom. The lowest BCUT2D eigenvalue weighted by molar-refractivity contribution is -0.134. The zero-order valence-electron chi connectivity index (χ0n) is 19.0. The molecule has 32 heavy (non-hydrogen) atoms. The summed E-state index contributed by atoms with van der Waals surface area (Å²) in [6.07, 6.45) is 3.41. The average molecular weight is 439 g/mol. The number of piperazine rings is 1. The van der Waals surface area contributed by atoms with E-state index in [2.05, 4.69) is 38.6 Å². The van der Waals surface area contributed by atoms with E-state index in [1.807, 2.05) is 11.7 Å². The molecule has 8 nitrogen and oxygen atoms in total. The van der Waals surface area contributed by atoms with Gasteiger partial charge in [-0.3, -0.25) is 24.5 Å². The standard InChI is InChI=1S/C24H34N6O2/c1-28-23-18(16-29-11-7-17(8-12-29)15-30-13-9-25-10-14-30)3-2-4-19(23)22(27-28)20-5-6-21(31)26-24(20)32/h2-4,17,20,25H,5-16H2,1H3,(H,26,31,32). The normalized spacial score (nSPS) is 24.2. The van der Waals surface area contributed by atoms with Crippen LogP contribution in [0.1, 0.15) is 42.9 Å². The van der Waals surface area contributed by atoms with Gasteiger partial charge in [-0.15, -0.1) is 0 Å². The highest BCUT2D eigenvalue weighted by molar-refractivity contribution is 6.02. The predicted octanol–water partition coefficient (Wildman–Crippen LogP) is 1.21. The maximum Gasteiger partial charge on any atom is 0.235 e. The van der Waals surface area contributed by atoms with E-state index in [-0.39, 0.29) is 17.7 Å². The number of hydrogen-bond acceptors (Lipinski definition) is 6. The molecular formula is C24H34N6O2. The van der Waals surface area contributed by atoms with E-state index in [4.69, 9.17) is 5.10 Å². The van der Waals surface area contributed by atoms with Crippen molar-refractivity contribution in [3.63, 3.8) is 0 Å². The molecule has 0 radical (unpaired) electrons. The Bertz CT molecular complexity index is 988. The molecule has 3 aliphatic heterocycles. The molecule has 4 heterocycles.